The van der Waals surface area contributed by atoms with Gasteiger partial charge in [0.2, 0.25) is 0 Å². The van der Waals surface area contributed by atoms with Gasteiger partial charge in [-0.15, -0.1) is 0 Å². The molecule has 2 aromatic rings. The van der Waals surface area contributed by atoms with E-state index >= 15 is 0 Å². The Labute approximate surface area is 175 Å². The second-order valence-corrected chi connectivity index (χ2v) is 7.93. The molecule has 156 valence electrons. The van der Waals surface area contributed by atoms with Crippen molar-refractivity contribution in [1.82, 2.24) is 19.7 Å². The molecule has 0 atom stereocenters. The summed E-state index contributed by atoms with van der Waals surface area (Å²) in [7, 11) is 3.97. The van der Waals surface area contributed by atoms with Crippen LogP contribution in [0.2, 0.25) is 0 Å². The van der Waals surface area contributed by atoms with Gasteiger partial charge in [0.15, 0.2) is 0 Å². The number of piperidine rings is 1. The zero-order valence-corrected chi connectivity index (χ0v) is 17.2. The van der Waals surface area contributed by atoms with Crippen LogP contribution in [0.1, 0.15) is 24.0 Å². The third kappa shape index (κ3) is 3.85. The number of pyridine rings is 1. The molecule has 2 amide bonds. The monoisotopic (exact) mass is 408 g/mol. The van der Waals surface area contributed by atoms with Crippen LogP contribution >= 0.6 is 0 Å². The first-order valence-corrected chi connectivity index (χ1v) is 10.1. The van der Waals surface area contributed by atoms with Crippen LogP contribution in [0.3, 0.4) is 0 Å². The Balaban J connectivity index is 1.71. The normalized spacial score (nSPS) is 18.4. The lowest BCUT2D eigenvalue weighted by Crippen LogP contribution is -2.43. The standard InChI is InChI=1S/C23H25FN4O2/c1-26-12-9-19(10-13-26)27(2)21-20(17-5-7-18(24)8-6-17)22(29)28(23(21)30)15-16-4-3-11-25-14-16/h3-8,11,14,19H,9-10,12-13,15H2,1-2H3. The van der Waals surface area contributed by atoms with Crippen molar-refractivity contribution in [3.05, 3.63) is 71.4 Å². The maximum Gasteiger partial charge on any atom is 0.278 e. The zero-order valence-electron chi connectivity index (χ0n) is 17.2. The number of amides is 2. The van der Waals surface area contributed by atoms with Gasteiger partial charge in [-0.3, -0.25) is 19.5 Å². The van der Waals surface area contributed by atoms with Gasteiger partial charge >= 0.3 is 0 Å². The molecule has 3 heterocycles. The smallest absolute Gasteiger partial charge is 0.278 e. The molecule has 1 aromatic carbocycles. The molecule has 0 bridgehead atoms. The van der Waals surface area contributed by atoms with Crippen molar-refractivity contribution in [3.8, 4) is 0 Å². The highest BCUT2D eigenvalue weighted by Gasteiger charge is 2.42. The van der Waals surface area contributed by atoms with Gasteiger partial charge in [0, 0.05) is 25.5 Å². The van der Waals surface area contributed by atoms with Gasteiger partial charge in [0.25, 0.3) is 11.8 Å². The van der Waals surface area contributed by atoms with E-state index in [2.05, 4.69) is 16.9 Å². The van der Waals surface area contributed by atoms with E-state index in [0.29, 0.717) is 16.8 Å². The first kappa shape index (κ1) is 20.2. The third-order valence-corrected chi connectivity index (χ3v) is 5.93. The van der Waals surface area contributed by atoms with E-state index < -0.39 is 0 Å². The molecule has 0 saturated carbocycles. The largest absolute Gasteiger partial charge is 0.366 e. The second-order valence-electron chi connectivity index (χ2n) is 7.93. The minimum atomic E-state index is -0.381. The maximum atomic E-state index is 13.5. The highest BCUT2D eigenvalue weighted by molar-refractivity contribution is 6.35. The summed E-state index contributed by atoms with van der Waals surface area (Å²) in [6.07, 6.45) is 5.13. The molecule has 0 aliphatic carbocycles. The van der Waals surface area contributed by atoms with Gasteiger partial charge in [-0.05, 0) is 62.3 Å². The van der Waals surface area contributed by atoms with Crippen molar-refractivity contribution >= 4 is 17.4 Å². The number of hydrogen-bond donors (Lipinski definition) is 0. The summed E-state index contributed by atoms with van der Waals surface area (Å²) in [6.45, 7) is 2.03. The molecule has 0 N–H and O–H groups in total. The Kier molecular flexibility index (Phi) is 5.63. The second kappa shape index (κ2) is 8.36. The molecule has 0 radical (unpaired) electrons. The lowest BCUT2D eigenvalue weighted by Gasteiger charge is -2.36. The SMILES string of the molecule is CN1CCC(N(C)C2=C(c3ccc(F)cc3)C(=O)N(Cc3cccnc3)C2=O)CC1. The van der Waals surface area contributed by atoms with Crippen LogP contribution in [0, 0.1) is 5.82 Å². The molecule has 1 fully saturated rings. The number of halogens is 1. The summed E-state index contributed by atoms with van der Waals surface area (Å²) in [5.41, 5.74) is 2.06. The fraction of sp³-hybridized carbons (Fsp3) is 0.348. The highest BCUT2D eigenvalue weighted by Crippen LogP contribution is 2.34. The van der Waals surface area contributed by atoms with Crippen LogP contribution < -0.4 is 0 Å². The minimum absolute atomic E-state index is 0.154. The first-order valence-electron chi connectivity index (χ1n) is 10.1. The Morgan fingerprint density at radius 3 is 2.43 bits per heavy atom. The molecule has 1 saturated heterocycles. The summed E-state index contributed by atoms with van der Waals surface area (Å²) < 4.78 is 13.5. The Morgan fingerprint density at radius 1 is 1.10 bits per heavy atom. The van der Waals surface area contributed by atoms with E-state index in [9.17, 15) is 14.0 Å². The number of hydrogen-bond acceptors (Lipinski definition) is 5. The van der Waals surface area contributed by atoms with Crippen molar-refractivity contribution in [2.75, 3.05) is 27.2 Å². The number of likely N-dealkylation sites (tertiary alicyclic amines) is 1. The molecule has 2 aliphatic heterocycles. The summed E-state index contributed by atoms with van der Waals surface area (Å²) in [4.78, 5) is 36.3. The summed E-state index contributed by atoms with van der Waals surface area (Å²) in [5.74, 6) is -1.05. The molecule has 6 nitrogen and oxygen atoms in total. The van der Waals surface area contributed by atoms with Gasteiger partial charge in [0.05, 0.1) is 12.1 Å². The van der Waals surface area contributed by atoms with Crippen LogP contribution in [-0.4, -0.2) is 64.7 Å². The Hall–Kier alpha value is -3.06. The number of benzene rings is 1. The fourth-order valence-electron chi connectivity index (χ4n) is 4.15. The van der Waals surface area contributed by atoms with Crippen molar-refractivity contribution in [2.24, 2.45) is 0 Å². The van der Waals surface area contributed by atoms with Gasteiger partial charge in [-0.2, -0.15) is 0 Å². The van der Waals surface area contributed by atoms with Gasteiger partial charge in [0.1, 0.15) is 11.5 Å². The minimum Gasteiger partial charge on any atom is -0.366 e. The number of aromatic nitrogens is 1. The number of carbonyl (C=O) groups excluding carboxylic acids is 2. The third-order valence-electron chi connectivity index (χ3n) is 5.93. The van der Waals surface area contributed by atoms with E-state index in [1.807, 2.05) is 18.0 Å². The fourth-order valence-corrected chi connectivity index (χ4v) is 4.15. The van der Waals surface area contributed by atoms with Crippen LogP contribution in [-0.2, 0) is 16.1 Å². The lowest BCUT2D eigenvalue weighted by atomic mass is 10.00. The van der Waals surface area contributed by atoms with E-state index in [0.717, 1.165) is 31.5 Å². The molecule has 1 aromatic heterocycles. The van der Waals surface area contributed by atoms with Gasteiger partial charge < -0.3 is 9.80 Å². The number of carbonyl (C=O) groups is 2. The quantitative estimate of drug-likeness (QED) is 0.712. The number of nitrogens with zero attached hydrogens (tertiary/aromatic N) is 4. The van der Waals surface area contributed by atoms with Crippen LogP contribution in [0.5, 0.6) is 0 Å². The molecule has 4 rings (SSSR count). The van der Waals surface area contributed by atoms with Crippen LogP contribution in [0.15, 0.2) is 54.5 Å². The maximum absolute atomic E-state index is 13.5. The van der Waals surface area contributed by atoms with E-state index in [1.54, 1.807) is 30.6 Å². The predicted molar refractivity (Wildman–Crippen MR) is 111 cm³/mol. The van der Waals surface area contributed by atoms with Gasteiger partial charge in [-0.1, -0.05) is 18.2 Å². The molecule has 2 aliphatic rings. The van der Waals surface area contributed by atoms with E-state index in [-0.39, 0.29) is 30.2 Å². The highest BCUT2D eigenvalue weighted by atomic mass is 19.1. The first-order chi connectivity index (χ1) is 14.5. The molecular formula is C23H25FN4O2. The Morgan fingerprint density at radius 2 is 1.80 bits per heavy atom. The summed E-state index contributed by atoms with van der Waals surface area (Å²) >= 11 is 0. The molecule has 0 unspecified atom stereocenters. The molecular weight excluding hydrogens is 383 g/mol. The average molecular weight is 408 g/mol. The number of likely N-dealkylation sites (N-methyl/N-ethyl adjacent to an activating group) is 1. The van der Waals surface area contributed by atoms with Crippen molar-refractivity contribution in [3.63, 3.8) is 0 Å². The Bertz CT molecular complexity index is 966. The molecule has 0 spiro atoms. The lowest BCUT2D eigenvalue weighted by molar-refractivity contribution is -0.138. The molecule has 30 heavy (non-hydrogen) atoms. The van der Waals surface area contributed by atoms with Gasteiger partial charge in [-0.25, -0.2) is 4.39 Å². The predicted octanol–water partition coefficient (Wildman–Crippen LogP) is 2.53. The zero-order chi connectivity index (χ0) is 21.3. The summed E-state index contributed by atoms with van der Waals surface area (Å²) in [5, 5.41) is 0. The average Bonchev–Trinajstić information content (AvgIpc) is 3.00. The van der Waals surface area contributed by atoms with Crippen molar-refractivity contribution in [1.29, 1.82) is 0 Å². The number of rotatable bonds is 5. The molecule has 7 heteroatoms. The van der Waals surface area contributed by atoms with Crippen LogP contribution in [0.25, 0.3) is 5.57 Å². The topological polar surface area (TPSA) is 56.8 Å². The van der Waals surface area contributed by atoms with E-state index in [4.69, 9.17) is 0 Å². The van der Waals surface area contributed by atoms with E-state index in [1.165, 1.54) is 17.0 Å². The van der Waals surface area contributed by atoms with Crippen LogP contribution in [0.4, 0.5) is 4.39 Å². The van der Waals surface area contributed by atoms with Crippen molar-refractivity contribution < 1.29 is 14.0 Å². The summed E-state index contributed by atoms with van der Waals surface area (Å²) in [6, 6.07) is 9.54. The number of imide groups is 1. The van der Waals surface area contributed by atoms with Crippen molar-refractivity contribution in [2.45, 2.75) is 25.4 Å².